The number of aromatic amines is 1. The Kier molecular flexibility index (Phi) is 4.72. The molecule has 2 aromatic rings. The van der Waals surface area contributed by atoms with Crippen LogP contribution in [0.25, 0.3) is 10.9 Å². The standard InChI is InChI=1S/C17H23BrN2O3S/c1-9(2)15-5-10(3-4-24(15,22)23)14-8-20-16-12(14)6-11(18)7-13(16)17(19)21/h6-10,15,20,22-23H,3-5H2,1-2H3,(H2,19,21). The molecule has 1 aliphatic rings. The molecule has 1 fully saturated rings. The predicted molar refractivity (Wildman–Crippen MR) is 103 cm³/mol. The van der Waals surface area contributed by atoms with Gasteiger partial charge in [-0.2, -0.15) is 10.6 Å². The number of carbonyl (C=O) groups excluding carboxylic acids is 1. The predicted octanol–water partition coefficient (Wildman–Crippen LogP) is 4.68. The summed E-state index contributed by atoms with van der Waals surface area (Å²) >= 11 is 3.45. The van der Waals surface area contributed by atoms with E-state index in [1.807, 2.05) is 26.1 Å². The van der Waals surface area contributed by atoms with Gasteiger partial charge in [0.2, 0.25) is 0 Å². The molecule has 3 rings (SSSR count). The van der Waals surface area contributed by atoms with Gasteiger partial charge in [0.15, 0.2) is 0 Å². The zero-order valence-corrected chi connectivity index (χ0v) is 16.2. The van der Waals surface area contributed by atoms with Crippen molar-refractivity contribution in [3.63, 3.8) is 0 Å². The van der Waals surface area contributed by atoms with Crippen molar-refractivity contribution in [2.24, 2.45) is 11.7 Å². The Labute approximate surface area is 151 Å². The average molecular weight is 415 g/mol. The summed E-state index contributed by atoms with van der Waals surface area (Å²) in [6.07, 6.45) is 3.41. The molecular weight excluding hydrogens is 392 g/mol. The van der Waals surface area contributed by atoms with E-state index in [0.717, 1.165) is 33.8 Å². The Hall–Kier alpha value is -1.02. The van der Waals surface area contributed by atoms with E-state index in [1.54, 1.807) is 6.07 Å². The number of hydrogen-bond donors (Lipinski definition) is 4. The maximum Gasteiger partial charge on any atom is 0.250 e. The minimum Gasteiger partial charge on any atom is -0.366 e. The summed E-state index contributed by atoms with van der Waals surface area (Å²) in [6, 6.07) is 3.71. The summed E-state index contributed by atoms with van der Waals surface area (Å²) in [5.41, 5.74) is 7.82. The Balaban J connectivity index is 2.03. The Morgan fingerprint density at radius 3 is 2.75 bits per heavy atom. The van der Waals surface area contributed by atoms with E-state index in [0.29, 0.717) is 11.3 Å². The normalized spacial score (nSPS) is 25.1. The maximum atomic E-state index is 11.7. The molecule has 1 aromatic heterocycles. The van der Waals surface area contributed by atoms with Crippen LogP contribution >= 0.6 is 26.5 Å². The van der Waals surface area contributed by atoms with Gasteiger partial charge in [-0.15, -0.1) is 0 Å². The van der Waals surface area contributed by atoms with Crippen molar-refractivity contribution in [3.05, 3.63) is 33.9 Å². The van der Waals surface area contributed by atoms with Crippen LogP contribution in [0.2, 0.25) is 0 Å². The Morgan fingerprint density at radius 1 is 1.42 bits per heavy atom. The van der Waals surface area contributed by atoms with Crippen molar-refractivity contribution < 1.29 is 13.9 Å². The number of carbonyl (C=O) groups is 1. The quantitative estimate of drug-likeness (QED) is 0.586. The number of H-pyrrole nitrogens is 1. The molecule has 7 heteroatoms. The third kappa shape index (κ3) is 3.10. The SMILES string of the molecule is CC(C)C1CC(c2c[nH]c3c(C(N)=O)cc(Br)cc23)CCS1(O)O. The smallest absolute Gasteiger partial charge is 0.250 e. The van der Waals surface area contributed by atoms with Crippen molar-refractivity contribution in [1.29, 1.82) is 0 Å². The first-order valence-corrected chi connectivity index (χ1v) is 10.6. The van der Waals surface area contributed by atoms with Crippen molar-refractivity contribution in [2.45, 2.75) is 37.9 Å². The molecule has 2 unspecified atom stereocenters. The molecule has 5 N–H and O–H groups in total. The molecule has 0 spiro atoms. The fourth-order valence-corrected chi connectivity index (χ4v) is 6.56. The molecule has 5 nitrogen and oxygen atoms in total. The van der Waals surface area contributed by atoms with Crippen LogP contribution in [0.4, 0.5) is 0 Å². The van der Waals surface area contributed by atoms with Gasteiger partial charge < -0.3 is 10.7 Å². The van der Waals surface area contributed by atoms with E-state index < -0.39 is 16.5 Å². The van der Waals surface area contributed by atoms with Gasteiger partial charge in [-0.25, -0.2) is 0 Å². The summed E-state index contributed by atoms with van der Waals surface area (Å²) in [6.45, 7) is 4.08. The van der Waals surface area contributed by atoms with E-state index in [2.05, 4.69) is 20.9 Å². The van der Waals surface area contributed by atoms with E-state index >= 15 is 0 Å². The van der Waals surface area contributed by atoms with Gasteiger partial charge in [0.25, 0.3) is 5.91 Å². The molecule has 132 valence electrons. The Morgan fingerprint density at radius 2 is 2.12 bits per heavy atom. The van der Waals surface area contributed by atoms with Crippen molar-refractivity contribution in [2.75, 3.05) is 5.75 Å². The van der Waals surface area contributed by atoms with E-state index in [4.69, 9.17) is 5.73 Å². The molecule has 1 aliphatic heterocycles. The van der Waals surface area contributed by atoms with E-state index in [-0.39, 0.29) is 17.1 Å². The second-order valence-electron chi connectivity index (χ2n) is 6.91. The lowest BCUT2D eigenvalue weighted by Crippen LogP contribution is -2.32. The molecule has 2 heterocycles. The zero-order chi connectivity index (χ0) is 17.6. The van der Waals surface area contributed by atoms with Gasteiger partial charge in [0, 0.05) is 21.8 Å². The first-order chi connectivity index (χ1) is 11.2. The summed E-state index contributed by atoms with van der Waals surface area (Å²) < 4.78 is 21.5. The number of fused-ring (bicyclic) bond motifs is 1. The molecule has 2 atom stereocenters. The van der Waals surface area contributed by atoms with Crippen LogP contribution in [-0.4, -0.2) is 31.0 Å². The molecule has 1 aromatic carbocycles. The molecular formula is C17H23BrN2O3S. The summed E-state index contributed by atoms with van der Waals surface area (Å²) in [5.74, 6) is 0.425. The Bertz CT molecular complexity index is 787. The van der Waals surface area contributed by atoms with Crippen LogP contribution in [0.3, 0.4) is 0 Å². The van der Waals surface area contributed by atoms with Gasteiger partial charge in [0.05, 0.1) is 16.3 Å². The first kappa shape index (κ1) is 17.8. The van der Waals surface area contributed by atoms with Crippen molar-refractivity contribution in [3.8, 4) is 0 Å². The van der Waals surface area contributed by atoms with Gasteiger partial charge >= 0.3 is 0 Å². The fraction of sp³-hybridized carbons (Fsp3) is 0.471. The van der Waals surface area contributed by atoms with Gasteiger partial charge in [-0.1, -0.05) is 29.8 Å². The number of hydrogen-bond acceptors (Lipinski definition) is 3. The van der Waals surface area contributed by atoms with Crippen LogP contribution < -0.4 is 5.73 Å². The average Bonchev–Trinajstić information content (AvgIpc) is 2.89. The van der Waals surface area contributed by atoms with E-state index in [9.17, 15) is 13.9 Å². The number of nitrogens with one attached hydrogen (secondary N) is 1. The molecule has 1 amide bonds. The van der Waals surface area contributed by atoms with Gasteiger partial charge in [-0.3, -0.25) is 13.9 Å². The number of benzene rings is 1. The third-order valence-corrected chi connectivity index (χ3v) is 8.00. The second kappa shape index (κ2) is 6.37. The minimum atomic E-state index is -2.52. The highest BCUT2D eigenvalue weighted by atomic mass is 79.9. The lowest BCUT2D eigenvalue weighted by Gasteiger charge is -2.48. The lowest BCUT2D eigenvalue weighted by atomic mass is 9.88. The van der Waals surface area contributed by atoms with Crippen molar-refractivity contribution >= 4 is 43.3 Å². The molecule has 1 saturated heterocycles. The largest absolute Gasteiger partial charge is 0.366 e. The highest BCUT2D eigenvalue weighted by Gasteiger charge is 2.37. The summed E-state index contributed by atoms with van der Waals surface area (Å²) in [4.78, 5) is 14.9. The van der Waals surface area contributed by atoms with Gasteiger partial charge in [0.1, 0.15) is 0 Å². The highest BCUT2D eigenvalue weighted by Crippen LogP contribution is 2.56. The third-order valence-electron chi connectivity index (χ3n) is 5.00. The maximum absolute atomic E-state index is 11.7. The van der Waals surface area contributed by atoms with Crippen LogP contribution in [0.15, 0.2) is 22.8 Å². The molecule has 0 saturated carbocycles. The van der Waals surface area contributed by atoms with Crippen LogP contribution in [0.1, 0.15) is 48.5 Å². The topological polar surface area (TPSA) is 99.3 Å². The van der Waals surface area contributed by atoms with E-state index in [1.165, 1.54) is 0 Å². The zero-order valence-electron chi connectivity index (χ0n) is 13.8. The second-order valence-corrected chi connectivity index (χ2v) is 10.3. The van der Waals surface area contributed by atoms with Crippen LogP contribution in [0.5, 0.6) is 0 Å². The number of amides is 1. The molecule has 24 heavy (non-hydrogen) atoms. The summed E-state index contributed by atoms with van der Waals surface area (Å²) in [7, 11) is -2.52. The molecule has 0 aliphatic carbocycles. The number of halogens is 1. The summed E-state index contributed by atoms with van der Waals surface area (Å²) in [5, 5.41) is 0.882. The van der Waals surface area contributed by atoms with Crippen LogP contribution in [0, 0.1) is 5.92 Å². The fourth-order valence-electron chi connectivity index (χ4n) is 3.76. The molecule has 0 radical (unpaired) electrons. The van der Waals surface area contributed by atoms with Gasteiger partial charge in [-0.05, 0) is 42.4 Å². The minimum absolute atomic E-state index is 0.0936. The number of aromatic nitrogens is 1. The molecule has 0 bridgehead atoms. The van der Waals surface area contributed by atoms with Crippen LogP contribution in [-0.2, 0) is 0 Å². The highest BCUT2D eigenvalue weighted by molar-refractivity contribution is 9.10. The first-order valence-electron chi connectivity index (χ1n) is 8.05. The number of rotatable bonds is 3. The number of primary amides is 1. The lowest BCUT2D eigenvalue weighted by molar-refractivity contribution is 0.100. The van der Waals surface area contributed by atoms with Crippen molar-refractivity contribution in [1.82, 2.24) is 4.98 Å². The number of nitrogens with two attached hydrogens (primary N) is 1. The monoisotopic (exact) mass is 414 g/mol.